The SMILES string of the molecule is COc1ccc(NC(C)=O)cc1S(=O)(=O)N1C2CCC1C(C(=O)O)C2. The molecule has 1 aromatic carbocycles. The van der Waals surface area contributed by atoms with Gasteiger partial charge in [-0.05, 0) is 37.5 Å². The van der Waals surface area contributed by atoms with Crippen molar-refractivity contribution >= 4 is 27.6 Å². The lowest BCUT2D eigenvalue weighted by Gasteiger charge is -2.24. The molecule has 136 valence electrons. The summed E-state index contributed by atoms with van der Waals surface area (Å²) >= 11 is 0. The molecular weight excluding hydrogens is 348 g/mol. The van der Waals surface area contributed by atoms with E-state index in [4.69, 9.17) is 4.74 Å². The highest BCUT2D eigenvalue weighted by atomic mass is 32.2. The van der Waals surface area contributed by atoms with Gasteiger partial charge in [0.05, 0.1) is 13.0 Å². The molecule has 2 bridgehead atoms. The second-order valence-electron chi connectivity index (χ2n) is 6.36. The van der Waals surface area contributed by atoms with Gasteiger partial charge in [-0.3, -0.25) is 9.59 Å². The first kappa shape index (κ1) is 17.7. The van der Waals surface area contributed by atoms with Crippen LogP contribution in [0, 0.1) is 5.92 Å². The highest BCUT2D eigenvalue weighted by molar-refractivity contribution is 7.89. The number of aliphatic carboxylic acids is 1. The summed E-state index contributed by atoms with van der Waals surface area (Å²) in [7, 11) is -2.58. The van der Waals surface area contributed by atoms with Gasteiger partial charge in [0.2, 0.25) is 15.9 Å². The number of nitrogens with one attached hydrogen (secondary N) is 1. The number of carboxylic acids is 1. The van der Waals surface area contributed by atoms with Crippen LogP contribution in [0.25, 0.3) is 0 Å². The zero-order chi connectivity index (χ0) is 18.4. The van der Waals surface area contributed by atoms with Crippen molar-refractivity contribution in [3.05, 3.63) is 18.2 Å². The molecule has 0 saturated carbocycles. The molecule has 8 nitrogen and oxygen atoms in total. The number of fused-ring (bicyclic) bond motifs is 2. The van der Waals surface area contributed by atoms with E-state index >= 15 is 0 Å². The van der Waals surface area contributed by atoms with E-state index in [1.54, 1.807) is 6.07 Å². The summed E-state index contributed by atoms with van der Waals surface area (Å²) in [5.74, 6) is -1.81. The number of methoxy groups -OCH3 is 1. The second-order valence-corrected chi connectivity index (χ2v) is 8.17. The Bertz CT molecular complexity index is 822. The van der Waals surface area contributed by atoms with Crippen molar-refractivity contribution in [2.45, 2.75) is 43.2 Å². The standard InChI is InChI=1S/C16H20N2O6S/c1-9(19)17-10-3-6-14(24-2)15(7-10)25(22,23)18-11-4-5-13(18)12(8-11)16(20)21/h3,6-7,11-13H,4-5,8H2,1-2H3,(H,17,19)(H,20,21). The normalized spacial score (nSPS) is 25.8. The third-order valence-electron chi connectivity index (χ3n) is 4.83. The molecule has 3 rings (SSSR count). The molecule has 0 aromatic heterocycles. The molecule has 2 aliphatic heterocycles. The molecule has 2 aliphatic rings. The van der Waals surface area contributed by atoms with Crippen LogP contribution in [-0.4, -0.2) is 48.9 Å². The smallest absolute Gasteiger partial charge is 0.308 e. The van der Waals surface area contributed by atoms with Crippen LogP contribution >= 0.6 is 0 Å². The lowest BCUT2D eigenvalue weighted by atomic mass is 9.89. The van der Waals surface area contributed by atoms with E-state index in [1.165, 1.54) is 30.5 Å². The van der Waals surface area contributed by atoms with Gasteiger partial charge < -0.3 is 15.2 Å². The van der Waals surface area contributed by atoms with Crippen LogP contribution < -0.4 is 10.1 Å². The third-order valence-corrected chi connectivity index (χ3v) is 6.83. The number of amides is 1. The Hall–Kier alpha value is -2.13. The monoisotopic (exact) mass is 368 g/mol. The summed E-state index contributed by atoms with van der Waals surface area (Å²) in [5.41, 5.74) is 0.341. The number of carbonyl (C=O) groups is 2. The van der Waals surface area contributed by atoms with Crippen LogP contribution in [0.2, 0.25) is 0 Å². The minimum absolute atomic E-state index is 0.0656. The van der Waals surface area contributed by atoms with Crippen molar-refractivity contribution < 1.29 is 27.9 Å². The first-order valence-corrected chi connectivity index (χ1v) is 9.41. The molecule has 1 aromatic rings. The number of hydrogen-bond donors (Lipinski definition) is 2. The van der Waals surface area contributed by atoms with Crippen molar-refractivity contribution in [2.24, 2.45) is 5.92 Å². The Balaban J connectivity index is 2.03. The van der Waals surface area contributed by atoms with E-state index in [1.807, 2.05) is 0 Å². The van der Waals surface area contributed by atoms with Crippen molar-refractivity contribution in [3.8, 4) is 5.75 Å². The third kappa shape index (κ3) is 2.98. The summed E-state index contributed by atoms with van der Waals surface area (Å²) in [6.07, 6.45) is 1.52. The molecule has 3 atom stereocenters. The molecule has 2 N–H and O–H groups in total. The highest BCUT2D eigenvalue weighted by Crippen LogP contribution is 2.46. The van der Waals surface area contributed by atoms with Gasteiger partial charge in [0, 0.05) is 24.7 Å². The molecule has 2 saturated heterocycles. The van der Waals surface area contributed by atoms with Gasteiger partial charge in [-0.2, -0.15) is 4.31 Å². The molecule has 1 amide bonds. The van der Waals surface area contributed by atoms with E-state index in [0.717, 1.165) is 0 Å². The molecule has 0 aliphatic carbocycles. The maximum absolute atomic E-state index is 13.2. The summed E-state index contributed by atoms with van der Waals surface area (Å²) in [4.78, 5) is 22.6. The fourth-order valence-corrected chi connectivity index (χ4v) is 5.95. The average molecular weight is 368 g/mol. The molecule has 0 spiro atoms. The maximum atomic E-state index is 13.2. The number of hydrogen-bond acceptors (Lipinski definition) is 5. The largest absolute Gasteiger partial charge is 0.495 e. The first-order chi connectivity index (χ1) is 11.8. The number of sulfonamides is 1. The van der Waals surface area contributed by atoms with Gasteiger partial charge in [0.1, 0.15) is 10.6 Å². The van der Waals surface area contributed by atoms with E-state index in [0.29, 0.717) is 24.9 Å². The number of anilines is 1. The van der Waals surface area contributed by atoms with Gasteiger partial charge >= 0.3 is 5.97 Å². The Morgan fingerprint density at radius 1 is 1.32 bits per heavy atom. The van der Waals surface area contributed by atoms with E-state index in [9.17, 15) is 23.1 Å². The minimum atomic E-state index is -3.95. The highest BCUT2D eigenvalue weighted by Gasteiger charge is 2.54. The number of ether oxygens (including phenoxy) is 1. The zero-order valence-electron chi connectivity index (χ0n) is 13.9. The topological polar surface area (TPSA) is 113 Å². The Morgan fingerprint density at radius 3 is 2.60 bits per heavy atom. The Kier molecular flexibility index (Phi) is 4.46. The molecule has 2 fully saturated rings. The summed E-state index contributed by atoms with van der Waals surface area (Å²) < 4.78 is 32.9. The average Bonchev–Trinajstić information content (AvgIpc) is 3.13. The van der Waals surface area contributed by atoms with Crippen molar-refractivity contribution in [1.82, 2.24) is 4.31 Å². The van der Waals surface area contributed by atoms with Crippen LogP contribution in [-0.2, 0) is 19.6 Å². The molecule has 2 heterocycles. The van der Waals surface area contributed by atoms with Gasteiger partial charge in [-0.15, -0.1) is 0 Å². The molecule has 25 heavy (non-hydrogen) atoms. The van der Waals surface area contributed by atoms with Gasteiger partial charge in [0.15, 0.2) is 0 Å². The lowest BCUT2D eigenvalue weighted by Crippen LogP contribution is -2.38. The quantitative estimate of drug-likeness (QED) is 0.809. The number of rotatable bonds is 5. The molecular formula is C16H20N2O6S. The predicted octanol–water partition coefficient (Wildman–Crippen LogP) is 1.28. The minimum Gasteiger partial charge on any atom is -0.495 e. The second kappa shape index (κ2) is 6.30. The van der Waals surface area contributed by atoms with Gasteiger partial charge in [0.25, 0.3) is 0 Å². The van der Waals surface area contributed by atoms with E-state index in [2.05, 4.69) is 5.32 Å². The van der Waals surface area contributed by atoms with Crippen LogP contribution in [0.3, 0.4) is 0 Å². The predicted molar refractivity (Wildman–Crippen MR) is 88.9 cm³/mol. The van der Waals surface area contributed by atoms with Crippen LogP contribution in [0.15, 0.2) is 23.1 Å². The van der Waals surface area contributed by atoms with Gasteiger partial charge in [-0.25, -0.2) is 8.42 Å². The molecule has 0 radical (unpaired) electrons. The van der Waals surface area contributed by atoms with Crippen molar-refractivity contribution in [2.75, 3.05) is 12.4 Å². The fraction of sp³-hybridized carbons (Fsp3) is 0.500. The first-order valence-electron chi connectivity index (χ1n) is 7.97. The summed E-state index contributed by atoms with van der Waals surface area (Å²) in [5, 5.41) is 11.9. The lowest BCUT2D eigenvalue weighted by molar-refractivity contribution is -0.142. The Labute approximate surface area is 145 Å². The molecule has 9 heteroatoms. The number of nitrogens with zero attached hydrogens (tertiary/aromatic N) is 1. The van der Waals surface area contributed by atoms with Crippen LogP contribution in [0.4, 0.5) is 5.69 Å². The fourth-order valence-electron chi connectivity index (χ4n) is 3.85. The number of carboxylic acid groups (broad SMARTS) is 1. The zero-order valence-corrected chi connectivity index (χ0v) is 14.7. The van der Waals surface area contributed by atoms with Crippen molar-refractivity contribution in [1.29, 1.82) is 0 Å². The van der Waals surface area contributed by atoms with E-state index in [-0.39, 0.29) is 22.6 Å². The van der Waals surface area contributed by atoms with Crippen LogP contribution in [0.5, 0.6) is 5.75 Å². The maximum Gasteiger partial charge on any atom is 0.308 e. The van der Waals surface area contributed by atoms with E-state index < -0.39 is 28.0 Å². The molecule has 3 unspecified atom stereocenters. The number of benzene rings is 1. The summed E-state index contributed by atoms with van der Waals surface area (Å²) in [6, 6.07) is 3.53. The van der Waals surface area contributed by atoms with Crippen LogP contribution in [0.1, 0.15) is 26.2 Å². The summed E-state index contributed by atoms with van der Waals surface area (Å²) in [6.45, 7) is 1.33. The van der Waals surface area contributed by atoms with Gasteiger partial charge in [-0.1, -0.05) is 0 Å². The number of carbonyl (C=O) groups excluding carboxylic acids is 1. The Morgan fingerprint density at radius 2 is 2.04 bits per heavy atom. The van der Waals surface area contributed by atoms with Crippen molar-refractivity contribution in [3.63, 3.8) is 0 Å².